The number of aromatic nitrogens is 2. The molecule has 1 aromatic rings. The zero-order valence-corrected chi connectivity index (χ0v) is 13.0. The lowest BCUT2D eigenvalue weighted by molar-refractivity contribution is 0.479. The molecule has 0 aliphatic carbocycles. The van der Waals surface area contributed by atoms with Gasteiger partial charge in [0.1, 0.15) is 0 Å². The molecule has 0 aliphatic heterocycles. The van der Waals surface area contributed by atoms with E-state index in [0.717, 1.165) is 5.33 Å². The molecule has 17 heavy (non-hydrogen) atoms. The molecule has 1 N–H and O–H groups in total. The highest BCUT2D eigenvalue weighted by atomic mass is 79.9. The van der Waals surface area contributed by atoms with Crippen molar-refractivity contribution in [3.05, 3.63) is 11.2 Å². The first-order valence-electron chi connectivity index (χ1n) is 5.05. The number of hydrogen-bond donors (Lipinski definition) is 1. The number of alkyl halides is 1. The average Bonchev–Trinajstić information content (AvgIpc) is 2.57. The number of halogens is 2. The predicted octanol–water partition coefficient (Wildman–Crippen LogP) is 1.77. The molecule has 0 amide bonds. The zero-order valence-electron chi connectivity index (χ0n) is 9.81. The first-order valence-corrected chi connectivity index (χ1v) is 8.03. The highest BCUT2D eigenvalue weighted by molar-refractivity contribution is 9.09. The van der Waals surface area contributed by atoms with E-state index in [1.54, 1.807) is 7.05 Å². The molecule has 1 rings (SSSR count). The fourth-order valence-electron chi connectivity index (χ4n) is 1.25. The van der Waals surface area contributed by atoms with Gasteiger partial charge in [-0.15, -0.1) is 0 Å². The first kappa shape index (κ1) is 14.9. The zero-order chi connectivity index (χ0) is 13.2. The highest BCUT2D eigenvalue weighted by Crippen LogP contribution is 2.20. The largest absolute Gasteiger partial charge is 0.259 e. The van der Waals surface area contributed by atoms with E-state index in [1.807, 2.05) is 13.8 Å². The Hall–Kier alpha value is -0.110. The minimum absolute atomic E-state index is 0.00668. The molecular weight excluding hydrogens is 330 g/mol. The fraction of sp³-hybridized carbons (Fsp3) is 0.667. The van der Waals surface area contributed by atoms with Crippen molar-refractivity contribution in [1.82, 2.24) is 14.5 Å². The van der Waals surface area contributed by atoms with Crippen molar-refractivity contribution in [2.24, 2.45) is 13.0 Å². The van der Waals surface area contributed by atoms with Gasteiger partial charge in [-0.1, -0.05) is 34.5 Å². The summed E-state index contributed by atoms with van der Waals surface area (Å²) in [6.45, 7) is 3.76. The normalized spacial score (nSPS) is 15.8. The van der Waals surface area contributed by atoms with Crippen LogP contribution >= 0.6 is 27.5 Å². The number of aryl methyl sites for hydroxylation is 1. The maximum Gasteiger partial charge on any atom is 0.259 e. The second kappa shape index (κ2) is 5.69. The number of hydrogen-bond acceptors (Lipinski definition) is 3. The van der Waals surface area contributed by atoms with E-state index in [4.69, 9.17) is 11.6 Å². The Bertz CT molecular complexity index is 469. The molecule has 0 radical (unpaired) electrons. The molecule has 1 aromatic heterocycles. The Morgan fingerprint density at radius 2 is 2.18 bits per heavy atom. The van der Waals surface area contributed by atoms with Crippen LogP contribution in [0.15, 0.2) is 11.2 Å². The summed E-state index contributed by atoms with van der Waals surface area (Å²) in [5.74, 6) is 0.178. The minimum Gasteiger partial charge on any atom is -0.255 e. The van der Waals surface area contributed by atoms with Gasteiger partial charge in [-0.25, -0.2) is 13.1 Å². The van der Waals surface area contributed by atoms with Crippen LogP contribution in [0.2, 0.25) is 5.02 Å². The van der Waals surface area contributed by atoms with Crippen LogP contribution in [0.3, 0.4) is 0 Å². The minimum atomic E-state index is -3.63. The van der Waals surface area contributed by atoms with Crippen LogP contribution in [0, 0.1) is 5.92 Å². The van der Waals surface area contributed by atoms with Gasteiger partial charge < -0.3 is 0 Å². The van der Waals surface area contributed by atoms with Crippen LogP contribution < -0.4 is 4.72 Å². The number of nitrogens with one attached hydrogen (secondary N) is 1. The second-order valence-corrected chi connectivity index (χ2v) is 6.65. The third-order valence-electron chi connectivity index (χ3n) is 2.54. The standard InChI is InChI=1S/C9H15BrClN3O2S/c1-6(4-10)7(2)13-17(15,16)9-8(11)5-12-14(9)3/h5-7,13H,4H2,1-3H3. The molecule has 0 aromatic carbocycles. The first-order chi connectivity index (χ1) is 7.79. The average molecular weight is 345 g/mol. The molecule has 0 fully saturated rings. The highest BCUT2D eigenvalue weighted by Gasteiger charge is 2.26. The van der Waals surface area contributed by atoms with Crippen molar-refractivity contribution in [2.75, 3.05) is 5.33 Å². The Balaban J connectivity index is 2.98. The lowest BCUT2D eigenvalue weighted by Crippen LogP contribution is -2.38. The van der Waals surface area contributed by atoms with Gasteiger partial charge in [0.25, 0.3) is 10.0 Å². The van der Waals surface area contributed by atoms with Crippen molar-refractivity contribution in [2.45, 2.75) is 24.9 Å². The van der Waals surface area contributed by atoms with Crippen molar-refractivity contribution >= 4 is 37.6 Å². The smallest absolute Gasteiger partial charge is 0.255 e. The van der Waals surface area contributed by atoms with E-state index >= 15 is 0 Å². The fourth-order valence-corrected chi connectivity index (χ4v) is 3.82. The van der Waals surface area contributed by atoms with Gasteiger partial charge in [0, 0.05) is 18.4 Å². The van der Waals surface area contributed by atoms with Crippen LogP contribution in [-0.4, -0.2) is 29.6 Å². The van der Waals surface area contributed by atoms with Crippen molar-refractivity contribution in [3.63, 3.8) is 0 Å². The summed E-state index contributed by atoms with van der Waals surface area (Å²) in [6, 6.07) is -0.189. The number of sulfonamides is 1. The summed E-state index contributed by atoms with van der Waals surface area (Å²) in [5.41, 5.74) is 0. The topological polar surface area (TPSA) is 64.0 Å². The summed E-state index contributed by atoms with van der Waals surface area (Å²) in [7, 11) is -2.09. The molecule has 2 unspecified atom stereocenters. The quantitative estimate of drug-likeness (QED) is 0.828. The van der Waals surface area contributed by atoms with Crippen molar-refractivity contribution in [3.8, 4) is 0 Å². The molecule has 8 heteroatoms. The summed E-state index contributed by atoms with van der Waals surface area (Å²) in [4.78, 5) is 0. The second-order valence-electron chi connectivity index (χ2n) is 3.96. The van der Waals surface area contributed by atoms with Crippen LogP contribution in [0.4, 0.5) is 0 Å². The number of nitrogens with zero attached hydrogens (tertiary/aromatic N) is 2. The number of rotatable bonds is 5. The van der Waals surface area contributed by atoms with Crippen molar-refractivity contribution in [1.29, 1.82) is 0 Å². The van der Waals surface area contributed by atoms with E-state index in [2.05, 4.69) is 25.8 Å². The third-order valence-corrected chi connectivity index (χ3v) is 5.62. The van der Waals surface area contributed by atoms with E-state index in [9.17, 15) is 8.42 Å². The summed E-state index contributed by atoms with van der Waals surface area (Å²) < 4.78 is 28.0. The monoisotopic (exact) mass is 343 g/mol. The van der Waals surface area contributed by atoms with Gasteiger partial charge in [0.15, 0.2) is 5.03 Å². The molecular formula is C9H15BrClN3O2S. The van der Waals surface area contributed by atoms with Gasteiger partial charge >= 0.3 is 0 Å². The Morgan fingerprint density at radius 3 is 2.59 bits per heavy atom. The van der Waals surface area contributed by atoms with Crippen LogP contribution in [0.25, 0.3) is 0 Å². The Kier molecular flexibility index (Phi) is 5.00. The van der Waals surface area contributed by atoms with Crippen LogP contribution in [-0.2, 0) is 17.1 Å². The lowest BCUT2D eigenvalue weighted by Gasteiger charge is -2.19. The molecule has 98 valence electrons. The molecule has 0 saturated carbocycles. The van der Waals surface area contributed by atoms with Crippen molar-refractivity contribution < 1.29 is 8.42 Å². The summed E-state index contributed by atoms with van der Waals surface area (Å²) >= 11 is 9.14. The van der Waals surface area contributed by atoms with Gasteiger partial charge in [-0.3, -0.25) is 4.68 Å². The lowest BCUT2D eigenvalue weighted by atomic mass is 10.1. The third kappa shape index (κ3) is 3.43. The molecule has 0 spiro atoms. The van der Waals surface area contributed by atoms with Crippen LogP contribution in [0.1, 0.15) is 13.8 Å². The Morgan fingerprint density at radius 1 is 1.59 bits per heavy atom. The Labute approximate surface area is 115 Å². The molecule has 0 aliphatic rings. The predicted molar refractivity (Wildman–Crippen MR) is 71.0 cm³/mol. The van der Waals surface area contributed by atoms with Gasteiger partial charge in [0.2, 0.25) is 0 Å². The van der Waals surface area contributed by atoms with E-state index in [-0.39, 0.29) is 22.0 Å². The van der Waals surface area contributed by atoms with Crippen LogP contribution in [0.5, 0.6) is 0 Å². The van der Waals surface area contributed by atoms with Gasteiger partial charge in [0.05, 0.1) is 11.2 Å². The molecule has 2 atom stereocenters. The van der Waals surface area contributed by atoms with E-state index in [0.29, 0.717) is 0 Å². The van der Waals surface area contributed by atoms with Gasteiger partial charge in [-0.2, -0.15) is 5.10 Å². The molecule has 0 bridgehead atoms. The molecule has 1 heterocycles. The van der Waals surface area contributed by atoms with E-state index in [1.165, 1.54) is 10.9 Å². The van der Waals surface area contributed by atoms with E-state index < -0.39 is 10.0 Å². The maximum atomic E-state index is 12.1. The summed E-state index contributed by atoms with van der Waals surface area (Å²) in [6.07, 6.45) is 1.31. The maximum absolute atomic E-state index is 12.1. The SMILES string of the molecule is CC(CBr)C(C)NS(=O)(=O)c1c(Cl)cnn1C. The van der Waals surface area contributed by atoms with Gasteiger partial charge in [-0.05, 0) is 12.8 Å². The molecule has 0 saturated heterocycles. The summed E-state index contributed by atoms with van der Waals surface area (Å²) in [5, 5.41) is 4.65. The molecule has 5 nitrogen and oxygen atoms in total.